The highest BCUT2D eigenvalue weighted by Crippen LogP contribution is 2.16. The molecule has 0 spiro atoms. The molecule has 0 unspecified atom stereocenters. The van der Waals surface area contributed by atoms with E-state index in [2.05, 4.69) is 15.6 Å². The van der Waals surface area contributed by atoms with E-state index >= 15 is 0 Å². The van der Waals surface area contributed by atoms with Gasteiger partial charge in [-0.15, -0.1) is 0 Å². The van der Waals surface area contributed by atoms with E-state index in [1.807, 2.05) is 38.1 Å². The van der Waals surface area contributed by atoms with Crippen LogP contribution in [0.1, 0.15) is 22.6 Å². The van der Waals surface area contributed by atoms with Crippen molar-refractivity contribution in [3.8, 4) is 5.75 Å². The average molecular weight is 340 g/mol. The molecule has 1 aromatic carbocycles. The maximum atomic E-state index is 12.2. The lowest BCUT2D eigenvalue weighted by molar-refractivity contribution is -0.115. The highest BCUT2D eigenvalue weighted by molar-refractivity contribution is 5.92. The Kier molecular flexibility index (Phi) is 4.83. The van der Waals surface area contributed by atoms with Crippen LogP contribution in [-0.4, -0.2) is 28.0 Å². The van der Waals surface area contributed by atoms with Crippen LogP contribution in [0.15, 0.2) is 41.2 Å². The number of hydrogen-bond donors (Lipinski definition) is 1. The second-order valence-electron chi connectivity index (χ2n) is 5.81. The van der Waals surface area contributed by atoms with Crippen LogP contribution in [0.2, 0.25) is 0 Å². The van der Waals surface area contributed by atoms with Gasteiger partial charge in [0.15, 0.2) is 0 Å². The third-order valence-corrected chi connectivity index (χ3v) is 3.92. The van der Waals surface area contributed by atoms with Gasteiger partial charge in [-0.05, 0) is 31.5 Å². The Morgan fingerprint density at radius 2 is 2.20 bits per heavy atom. The lowest BCUT2D eigenvalue weighted by atomic mass is 10.1. The Hall–Kier alpha value is -3.09. The van der Waals surface area contributed by atoms with E-state index in [-0.39, 0.29) is 12.3 Å². The third kappa shape index (κ3) is 4.06. The maximum Gasteiger partial charge on any atom is 0.228 e. The molecule has 1 amide bonds. The number of methoxy groups -OCH3 is 1. The smallest absolute Gasteiger partial charge is 0.228 e. The van der Waals surface area contributed by atoms with Crippen molar-refractivity contribution in [3.63, 3.8) is 0 Å². The number of nitrogens with zero attached hydrogens (tertiary/aromatic N) is 3. The van der Waals surface area contributed by atoms with Crippen molar-refractivity contribution in [1.82, 2.24) is 14.9 Å². The van der Waals surface area contributed by atoms with Gasteiger partial charge in [0.05, 0.1) is 37.7 Å². The van der Waals surface area contributed by atoms with E-state index in [1.165, 1.54) is 0 Å². The van der Waals surface area contributed by atoms with Crippen molar-refractivity contribution in [2.24, 2.45) is 0 Å². The van der Waals surface area contributed by atoms with E-state index in [0.717, 1.165) is 28.3 Å². The Morgan fingerprint density at radius 1 is 1.36 bits per heavy atom. The largest absolute Gasteiger partial charge is 0.497 e. The molecule has 0 aliphatic heterocycles. The van der Waals surface area contributed by atoms with Gasteiger partial charge in [0.2, 0.25) is 5.91 Å². The first-order valence-electron chi connectivity index (χ1n) is 7.92. The average Bonchev–Trinajstić information content (AvgIpc) is 3.16. The lowest BCUT2D eigenvalue weighted by Crippen LogP contribution is -2.14. The Bertz CT molecular complexity index is 863. The van der Waals surface area contributed by atoms with Gasteiger partial charge in [-0.25, -0.2) is 0 Å². The van der Waals surface area contributed by atoms with Gasteiger partial charge in [0, 0.05) is 11.8 Å². The molecule has 7 heteroatoms. The summed E-state index contributed by atoms with van der Waals surface area (Å²) in [6, 6.07) is 7.45. The first-order valence-corrected chi connectivity index (χ1v) is 7.92. The summed E-state index contributed by atoms with van der Waals surface area (Å²) in [5.41, 5.74) is 3.38. The number of aromatic nitrogens is 3. The number of nitrogens with one attached hydrogen (secondary N) is 1. The van der Waals surface area contributed by atoms with Gasteiger partial charge >= 0.3 is 0 Å². The highest BCUT2D eigenvalue weighted by atomic mass is 16.5. The number of aryl methyl sites for hydroxylation is 2. The summed E-state index contributed by atoms with van der Waals surface area (Å²) in [5, 5.41) is 11.1. The van der Waals surface area contributed by atoms with E-state index < -0.39 is 0 Å². The van der Waals surface area contributed by atoms with E-state index in [1.54, 1.807) is 24.2 Å². The molecule has 0 radical (unpaired) electrons. The monoisotopic (exact) mass is 340 g/mol. The molecule has 0 atom stereocenters. The van der Waals surface area contributed by atoms with Crippen LogP contribution < -0.4 is 10.1 Å². The van der Waals surface area contributed by atoms with Crippen LogP contribution in [-0.2, 0) is 17.8 Å². The van der Waals surface area contributed by atoms with Crippen molar-refractivity contribution in [2.75, 3.05) is 12.4 Å². The van der Waals surface area contributed by atoms with Crippen molar-refractivity contribution in [3.05, 3.63) is 59.2 Å². The summed E-state index contributed by atoms with van der Waals surface area (Å²) in [6.07, 6.45) is 3.68. The zero-order chi connectivity index (χ0) is 17.8. The molecule has 0 saturated heterocycles. The minimum atomic E-state index is -0.106. The van der Waals surface area contributed by atoms with Crippen LogP contribution in [0, 0.1) is 13.8 Å². The third-order valence-electron chi connectivity index (χ3n) is 3.92. The Labute approximate surface area is 145 Å². The number of anilines is 1. The van der Waals surface area contributed by atoms with Gasteiger partial charge < -0.3 is 14.6 Å². The molecular formula is C18H20N4O3. The maximum absolute atomic E-state index is 12.2. The van der Waals surface area contributed by atoms with Gasteiger partial charge in [0.25, 0.3) is 0 Å². The van der Waals surface area contributed by atoms with Crippen molar-refractivity contribution in [1.29, 1.82) is 0 Å². The van der Waals surface area contributed by atoms with Crippen LogP contribution >= 0.6 is 0 Å². The van der Waals surface area contributed by atoms with E-state index in [4.69, 9.17) is 9.26 Å². The SMILES string of the molecule is COc1cccc(CC(=O)Nc2cnn(Cc3c(C)noc3C)c2)c1. The van der Waals surface area contributed by atoms with Gasteiger partial charge in [-0.1, -0.05) is 17.3 Å². The van der Waals surface area contributed by atoms with Crippen LogP contribution in [0.3, 0.4) is 0 Å². The standard InChI is InChI=1S/C18H20N4O3/c1-12-17(13(2)25-21-12)11-22-10-15(9-19-22)20-18(23)8-14-5-4-6-16(7-14)24-3/h4-7,9-10H,8,11H2,1-3H3,(H,20,23). The fourth-order valence-corrected chi connectivity index (χ4v) is 2.58. The van der Waals surface area contributed by atoms with Gasteiger partial charge in [-0.2, -0.15) is 5.10 Å². The molecule has 0 saturated carbocycles. The molecule has 0 fully saturated rings. The van der Waals surface area contributed by atoms with Gasteiger partial charge in [0.1, 0.15) is 11.5 Å². The van der Waals surface area contributed by atoms with Crippen molar-refractivity contribution >= 4 is 11.6 Å². The highest BCUT2D eigenvalue weighted by Gasteiger charge is 2.11. The molecule has 1 N–H and O–H groups in total. The summed E-state index contributed by atoms with van der Waals surface area (Å²) in [6.45, 7) is 4.31. The zero-order valence-electron chi connectivity index (χ0n) is 14.4. The number of ether oxygens (including phenoxy) is 1. The Balaban J connectivity index is 1.62. The van der Waals surface area contributed by atoms with Crippen molar-refractivity contribution < 1.29 is 14.1 Å². The number of carbonyl (C=O) groups is 1. The first-order chi connectivity index (χ1) is 12.0. The molecule has 0 bridgehead atoms. The molecule has 25 heavy (non-hydrogen) atoms. The minimum Gasteiger partial charge on any atom is -0.497 e. The molecule has 0 aliphatic carbocycles. The molecule has 3 aromatic rings. The molecule has 130 valence electrons. The quantitative estimate of drug-likeness (QED) is 0.746. The fourth-order valence-electron chi connectivity index (χ4n) is 2.58. The molecular weight excluding hydrogens is 320 g/mol. The second-order valence-corrected chi connectivity index (χ2v) is 5.81. The van der Waals surface area contributed by atoms with Crippen LogP contribution in [0.5, 0.6) is 5.75 Å². The number of rotatable bonds is 6. The molecule has 3 rings (SSSR count). The lowest BCUT2D eigenvalue weighted by Gasteiger charge is -2.05. The summed E-state index contributed by atoms with van der Waals surface area (Å²) < 4.78 is 12.1. The predicted molar refractivity (Wildman–Crippen MR) is 92.6 cm³/mol. The first kappa shape index (κ1) is 16.8. The zero-order valence-corrected chi connectivity index (χ0v) is 14.4. The normalized spacial score (nSPS) is 10.7. The molecule has 2 heterocycles. The summed E-state index contributed by atoms with van der Waals surface area (Å²) in [4.78, 5) is 12.2. The minimum absolute atomic E-state index is 0.106. The summed E-state index contributed by atoms with van der Waals surface area (Å²) >= 11 is 0. The summed E-state index contributed by atoms with van der Waals surface area (Å²) in [5.74, 6) is 1.40. The Morgan fingerprint density at radius 3 is 2.92 bits per heavy atom. The molecule has 0 aliphatic rings. The predicted octanol–water partition coefficient (Wildman–Crippen LogP) is 2.73. The topological polar surface area (TPSA) is 82.2 Å². The molecule has 7 nitrogen and oxygen atoms in total. The molecule has 2 aromatic heterocycles. The van der Waals surface area contributed by atoms with E-state index in [0.29, 0.717) is 12.2 Å². The van der Waals surface area contributed by atoms with Crippen LogP contribution in [0.25, 0.3) is 0 Å². The van der Waals surface area contributed by atoms with Crippen LogP contribution in [0.4, 0.5) is 5.69 Å². The number of hydrogen-bond acceptors (Lipinski definition) is 5. The van der Waals surface area contributed by atoms with E-state index in [9.17, 15) is 4.79 Å². The number of benzene rings is 1. The van der Waals surface area contributed by atoms with Crippen molar-refractivity contribution in [2.45, 2.75) is 26.8 Å². The summed E-state index contributed by atoms with van der Waals surface area (Å²) in [7, 11) is 1.60. The number of amides is 1. The number of carbonyl (C=O) groups excluding carboxylic acids is 1. The van der Waals surface area contributed by atoms with Gasteiger partial charge in [-0.3, -0.25) is 9.48 Å². The fraction of sp³-hybridized carbons (Fsp3) is 0.278. The second kappa shape index (κ2) is 7.21.